The first kappa shape index (κ1) is 15.4. The van der Waals surface area contributed by atoms with E-state index in [4.69, 9.17) is 0 Å². The fourth-order valence-electron chi connectivity index (χ4n) is 2.22. The molecule has 23 heavy (non-hydrogen) atoms. The van der Waals surface area contributed by atoms with Gasteiger partial charge in [-0.05, 0) is 19.4 Å². The molecule has 6 nitrogen and oxygen atoms in total. The lowest BCUT2D eigenvalue weighted by Gasteiger charge is -2.04. The molecule has 0 unspecified atom stereocenters. The van der Waals surface area contributed by atoms with Crippen LogP contribution in [0.4, 0.5) is 0 Å². The molecule has 118 valence electrons. The number of hydrogen-bond donors (Lipinski definition) is 1. The summed E-state index contributed by atoms with van der Waals surface area (Å²) in [6.45, 7) is 4.78. The minimum atomic E-state index is -0.229. The van der Waals surface area contributed by atoms with Gasteiger partial charge in [0.25, 0.3) is 5.91 Å². The molecule has 2 heterocycles. The van der Waals surface area contributed by atoms with Crippen LogP contribution in [0.3, 0.4) is 0 Å². The third-order valence-electron chi connectivity index (χ3n) is 3.47. The molecule has 7 heteroatoms. The second kappa shape index (κ2) is 6.70. The zero-order chi connectivity index (χ0) is 16.2. The molecule has 3 rings (SSSR count). The summed E-state index contributed by atoms with van der Waals surface area (Å²) in [6.07, 6.45) is 0. The van der Waals surface area contributed by atoms with Gasteiger partial charge in [-0.3, -0.25) is 4.79 Å². The van der Waals surface area contributed by atoms with Crippen molar-refractivity contribution < 1.29 is 4.79 Å². The van der Waals surface area contributed by atoms with Gasteiger partial charge in [0.05, 0.1) is 29.5 Å². The van der Waals surface area contributed by atoms with Crippen molar-refractivity contribution in [1.82, 2.24) is 25.3 Å². The summed E-state index contributed by atoms with van der Waals surface area (Å²) in [6, 6.07) is 9.96. The highest BCUT2D eigenvalue weighted by Crippen LogP contribution is 2.10. The smallest absolute Gasteiger partial charge is 0.274 e. The van der Waals surface area contributed by atoms with Gasteiger partial charge in [0.15, 0.2) is 5.69 Å². The van der Waals surface area contributed by atoms with Crippen LogP contribution in [0.1, 0.15) is 32.4 Å². The summed E-state index contributed by atoms with van der Waals surface area (Å²) in [5.74, 6) is -0.229. The first-order chi connectivity index (χ1) is 11.1. The average molecular weight is 327 g/mol. The number of benzene rings is 1. The van der Waals surface area contributed by atoms with Crippen molar-refractivity contribution in [3.8, 4) is 0 Å². The van der Waals surface area contributed by atoms with Gasteiger partial charge in [-0.2, -0.15) is 0 Å². The predicted molar refractivity (Wildman–Crippen MR) is 88.3 cm³/mol. The number of carbonyl (C=O) groups is 1. The molecular formula is C16H17N5OS. The Kier molecular flexibility index (Phi) is 4.47. The molecule has 1 aromatic carbocycles. The zero-order valence-electron chi connectivity index (χ0n) is 13.0. The Bertz CT molecular complexity index is 809. The Labute approximate surface area is 138 Å². The quantitative estimate of drug-likeness (QED) is 0.780. The third-order valence-corrected chi connectivity index (χ3v) is 4.29. The number of nitrogens with zero attached hydrogens (tertiary/aromatic N) is 4. The summed E-state index contributed by atoms with van der Waals surface area (Å²) in [5.41, 5.74) is 3.08. The van der Waals surface area contributed by atoms with E-state index in [1.807, 2.05) is 49.6 Å². The van der Waals surface area contributed by atoms with Crippen LogP contribution in [-0.4, -0.2) is 25.9 Å². The molecule has 3 aromatic rings. The number of rotatable bonds is 5. The molecular weight excluding hydrogens is 310 g/mol. The molecule has 0 saturated heterocycles. The van der Waals surface area contributed by atoms with Gasteiger partial charge in [-0.15, -0.1) is 16.4 Å². The maximum atomic E-state index is 12.3. The third kappa shape index (κ3) is 3.62. The van der Waals surface area contributed by atoms with Gasteiger partial charge in [0.1, 0.15) is 0 Å². The Morgan fingerprint density at radius 1 is 1.26 bits per heavy atom. The minimum Gasteiger partial charge on any atom is -0.345 e. The van der Waals surface area contributed by atoms with E-state index >= 15 is 0 Å². The summed E-state index contributed by atoms with van der Waals surface area (Å²) in [4.78, 5) is 16.6. The van der Waals surface area contributed by atoms with E-state index in [9.17, 15) is 4.79 Å². The second-order valence-corrected chi connectivity index (χ2v) is 6.27. The number of amides is 1. The van der Waals surface area contributed by atoms with E-state index < -0.39 is 0 Å². The molecule has 0 aliphatic carbocycles. The first-order valence-electron chi connectivity index (χ1n) is 7.26. The number of carbonyl (C=O) groups excluding carboxylic acids is 1. The van der Waals surface area contributed by atoms with Gasteiger partial charge in [0.2, 0.25) is 0 Å². The fourth-order valence-corrected chi connectivity index (χ4v) is 2.83. The van der Waals surface area contributed by atoms with E-state index in [1.165, 1.54) is 0 Å². The van der Waals surface area contributed by atoms with Crippen molar-refractivity contribution in [3.63, 3.8) is 0 Å². The van der Waals surface area contributed by atoms with E-state index in [1.54, 1.807) is 16.0 Å². The maximum absolute atomic E-state index is 12.3. The number of aromatic nitrogens is 4. The molecule has 0 bridgehead atoms. The summed E-state index contributed by atoms with van der Waals surface area (Å²) in [7, 11) is 0. The summed E-state index contributed by atoms with van der Waals surface area (Å²) < 4.78 is 1.73. The first-order valence-corrected chi connectivity index (χ1v) is 8.14. The highest BCUT2D eigenvalue weighted by molar-refractivity contribution is 7.09. The van der Waals surface area contributed by atoms with Crippen LogP contribution in [0.2, 0.25) is 0 Å². The van der Waals surface area contributed by atoms with E-state index in [0.29, 0.717) is 18.8 Å². The SMILES string of the molecule is Cc1nc(CNC(=O)c2nnn(Cc3ccccc3)c2C)cs1. The fraction of sp³-hybridized carbons (Fsp3) is 0.250. The van der Waals surface area contributed by atoms with Crippen molar-refractivity contribution in [2.75, 3.05) is 0 Å². The van der Waals surface area contributed by atoms with E-state index in [0.717, 1.165) is 22.0 Å². The Morgan fingerprint density at radius 3 is 2.74 bits per heavy atom. The summed E-state index contributed by atoms with van der Waals surface area (Å²) in [5, 5.41) is 13.9. The van der Waals surface area contributed by atoms with Crippen LogP contribution in [0, 0.1) is 13.8 Å². The van der Waals surface area contributed by atoms with Crippen LogP contribution < -0.4 is 5.32 Å². The van der Waals surface area contributed by atoms with Crippen LogP contribution in [0.5, 0.6) is 0 Å². The molecule has 1 amide bonds. The number of thiazole rings is 1. The molecule has 0 atom stereocenters. The van der Waals surface area contributed by atoms with Crippen LogP contribution >= 0.6 is 11.3 Å². The van der Waals surface area contributed by atoms with Gasteiger partial charge < -0.3 is 5.32 Å². The highest BCUT2D eigenvalue weighted by Gasteiger charge is 2.16. The molecule has 0 fully saturated rings. The van der Waals surface area contributed by atoms with E-state index in [2.05, 4.69) is 20.6 Å². The largest absolute Gasteiger partial charge is 0.345 e. The second-order valence-electron chi connectivity index (χ2n) is 5.21. The van der Waals surface area contributed by atoms with E-state index in [-0.39, 0.29) is 5.91 Å². The van der Waals surface area contributed by atoms with Gasteiger partial charge in [-0.1, -0.05) is 35.5 Å². The lowest BCUT2D eigenvalue weighted by atomic mass is 10.2. The molecule has 0 aliphatic rings. The zero-order valence-corrected chi connectivity index (χ0v) is 13.8. The number of hydrogen-bond acceptors (Lipinski definition) is 5. The van der Waals surface area contributed by atoms with Crippen molar-refractivity contribution >= 4 is 17.2 Å². The van der Waals surface area contributed by atoms with Crippen LogP contribution in [0.15, 0.2) is 35.7 Å². The average Bonchev–Trinajstić information content (AvgIpc) is 3.13. The predicted octanol–water partition coefficient (Wildman–Crippen LogP) is 2.33. The van der Waals surface area contributed by atoms with Crippen molar-refractivity contribution in [2.45, 2.75) is 26.9 Å². The molecule has 0 spiro atoms. The standard InChI is InChI=1S/C16H17N5OS/c1-11-15(16(22)17-8-14-10-23-12(2)18-14)19-20-21(11)9-13-6-4-3-5-7-13/h3-7,10H,8-9H2,1-2H3,(H,17,22). The molecule has 2 aromatic heterocycles. The molecule has 1 N–H and O–H groups in total. The maximum Gasteiger partial charge on any atom is 0.274 e. The molecule has 0 radical (unpaired) electrons. The Balaban J connectivity index is 1.67. The topological polar surface area (TPSA) is 72.7 Å². The van der Waals surface area contributed by atoms with Crippen LogP contribution in [-0.2, 0) is 13.1 Å². The van der Waals surface area contributed by atoms with Crippen molar-refractivity contribution in [3.05, 3.63) is 63.4 Å². The summed E-state index contributed by atoms with van der Waals surface area (Å²) >= 11 is 1.57. The van der Waals surface area contributed by atoms with Gasteiger partial charge in [-0.25, -0.2) is 9.67 Å². The van der Waals surface area contributed by atoms with Crippen LogP contribution in [0.25, 0.3) is 0 Å². The van der Waals surface area contributed by atoms with Gasteiger partial charge in [0, 0.05) is 5.38 Å². The minimum absolute atomic E-state index is 0.229. The van der Waals surface area contributed by atoms with Crippen molar-refractivity contribution in [2.24, 2.45) is 0 Å². The van der Waals surface area contributed by atoms with Gasteiger partial charge >= 0.3 is 0 Å². The van der Waals surface area contributed by atoms with Crippen molar-refractivity contribution in [1.29, 1.82) is 0 Å². The number of aryl methyl sites for hydroxylation is 1. The molecule has 0 aliphatic heterocycles. The monoisotopic (exact) mass is 327 g/mol. The number of nitrogens with one attached hydrogen (secondary N) is 1. The lowest BCUT2D eigenvalue weighted by Crippen LogP contribution is -2.24. The lowest BCUT2D eigenvalue weighted by molar-refractivity contribution is 0.0944. The molecule has 0 saturated carbocycles. The Morgan fingerprint density at radius 2 is 2.04 bits per heavy atom. The normalized spacial score (nSPS) is 10.7. The Hall–Kier alpha value is -2.54. The highest BCUT2D eigenvalue weighted by atomic mass is 32.1.